The van der Waals surface area contributed by atoms with Crippen LogP contribution in [0.3, 0.4) is 0 Å². The molecule has 0 radical (unpaired) electrons. The molecule has 0 bridgehead atoms. The molecule has 0 aliphatic carbocycles. The van der Waals surface area contributed by atoms with Gasteiger partial charge in [0.25, 0.3) is 0 Å². The van der Waals surface area contributed by atoms with E-state index in [0.29, 0.717) is 5.02 Å². The summed E-state index contributed by atoms with van der Waals surface area (Å²) in [5, 5.41) is 6.13. The van der Waals surface area contributed by atoms with Gasteiger partial charge in [-0.1, -0.05) is 35.9 Å². The summed E-state index contributed by atoms with van der Waals surface area (Å²) in [6.07, 6.45) is 1.79. The predicted octanol–water partition coefficient (Wildman–Crippen LogP) is 5.18. The maximum Gasteiger partial charge on any atom is 0.131 e. The van der Waals surface area contributed by atoms with E-state index in [2.05, 4.69) is 22.4 Å². The van der Waals surface area contributed by atoms with E-state index in [1.165, 1.54) is 0 Å². The molecule has 4 heteroatoms. The highest BCUT2D eigenvalue weighted by Crippen LogP contribution is 2.25. The molecule has 0 atom stereocenters. The largest absolute Gasteiger partial charge is 0.340 e. The van der Waals surface area contributed by atoms with Crippen LogP contribution in [0.5, 0.6) is 0 Å². The molecule has 0 spiro atoms. The Morgan fingerprint density at radius 1 is 0.818 bits per heavy atom. The second-order valence-corrected chi connectivity index (χ2v) is 5.48. The molecule has 4 rings (SSSR count). The smallest absolute Gasteiger partial charge is 0.131 e. The Balaban J connectivity index is 1.84. The van der Waals surface area contributed by atoms with Crippen molar-refractivity contribution in [3.63, 3.8) is 0 Å². The summed E-state index contributed by atoms with van der Waals surface area (Å²) >= 11 is 6.01. The van der Waals surface area contributed by atoms with Gasteiger partial charge in [-0.3, -0.25) is 4.98 Å². The van der Waals surface area contributed by atoms with E-state index < -0.39 is 0 Å². The van der Waals surface area contributed by atoms with Crippen LogP contribution in [0.4, 0.5) is 11.5 Å². The fourth-order valence-corrected chi connectivity index (χ4v) is 2.70. The van der Waals surface area contributed by atoms with Gasteiger partial charge in [-0.05, 0) is 36.4 Å². The Morgan fingerprint density at radius 2 is 1.64 bits per heavy atom. The summed E-state index contributed by atoms with van der Waals surface area (Å²) in [4.78, 5) is 9.17. The highest BCUT2D eigenvalue weighted by molar-refractivity contribution is 6.30. The van der Waals surface area contributed by atoms with Crippen LogP contribution in [0.1, 0.15) is 0 Å². The van der Waals surface area contributed by atoms with Crippen molar-refractivity contribution in [1.82, 2.24) is 9.97 Å². The number of nitrogens with zero attached hydrogens (tertiary/aromatic N) is 2. The lowest BCUT2D eigenvalue weighted by Crippen LogP contribution is -1.94. The minimum atomic E-state index is 0.693. The number of pyridine rings is 2. The zero-order valence-corrected chi connectivity index (χ0v) is 12.4. The Morgan fingerprint density at radius 3 is 2.50 bits per heavy atom. The van der Waals surface area contributed by atoms with Crippen LogP contribution in [-0.4, -0.2) is 9.97 Å². The zero-order chi connectivity index (χ0) is 14.9. The van der Waals surface area contributed by atoms with E-state index in [1.54, 1.807) is 6.20 Å². The quantitative estimate of drug-likeness (QED) is 0.518. The third-order valence-electron chi connectivity index (χ3n) is 3.53. The van der Waals surface area contributed by atoms with Crippen LogP contribution in [0.15, 0.2) is 66.9 Å². The standard InChI is InChI=1S/C18H12ClN3/c19-14-4-1-5-15(11-14)21-16-9-8-13-7-6-12-3-2-10-20-17(12)18(13)22-16/h1-11H,(H,21,22). The molecule has 0 unspecified atom stereocenters. The molecule has 4 aromatic rings. The van der Waals surface area contributed by atoms with E-state index in [1.807, 2.05) is 48.5 Å². The van der Waals surface area contributed by atoms with Gasteiger partial charge in [0.05, 0.1) is 11.0 Å². The van der Waals surface area contributed by atoms with Crippen molar-refractivity contribution in [2.45, 2.75) is 0 Å². The van der Waals surface area contributed by atoms with Crippen molar-refractivity contribution < 1.29 is 0 Å². The van der Waals surface area contributed by atoms with Crippen molar-refractivity contribution in [3.05, 3.63) is 71.9 Å². The SMILES string of the molecule is Clc1cccc(Nc2ccc3ccc4cccnc4c3n2)c1. The molecule has 0 aliphatic heterocycles. The molecular weight excluding hydrogens is 294 g/mol. The molecule has 0 fully saturated rings. The molecule has 3 nitrogen and oxygen atoms in total. The summed E-state index contributed by atoms with van der Waals surface area (Å²) in [5.74, 6) is 0.771. The van der Waals surface area contributed by atoms with Gasteiger partial charge >= 0.3 is 0 Å². The van der Waals surface area contributed by atoms with E-state index in [-0.39, 0.29) is 0 Å². The fourth-order valence-electron chi connectivity index (χ4n) is 2.51. The van der Waals surface area contributed by atoms with Crippen LogP contribution in [-0.2, 0) is 0 Å². The molecule has 1 N–H and O–H groups in total. The van der Waals surface area contributed by atoms with Crippen LogP contribution in [0.2, 0.25) is 5.02 Å². The fraction of sp³-hybridized carbons (Fsp3) is 0. The molecule has 0 amide bonds. The average Bonchev–Trinajstić information content (AvgIpc) is 2.55. The molecule has 2 aromatic heterocycles. The first-order valence-electron chi connectivity index (χ1n) is 6.97. The molecule has 0 saturated heterocycles. The van der Waals surface area contributed by atoms with Gasteiger partial charge < -0.3 is 5.32 Å². The monoisotopic (exact) mass is 305 g/mol. The number of aromatic nitrogens is 2. The third-order valence-corrected chi connectivity index (χ3v) is 3.76. The topological polar surface area (TPSA) is 37.8 Å². The number of anilines is 2. The van der Waals surface area contributed by atoms with Crippen molar-refractivity contribution in [3.8, 4) is 0 Å². The van der Waals surface area contributed by atoms with Crippen LogP contribution >= 0.6 is 11.6 Å². The second-order valence-electron chi connectivity index (χ2n) is 5.04. The Bertz CT molecular complexity index is 982. The highest BCUT2D eigenvalue weighted by atomic mass is 35.5. The maximum atomic E-state index is 6.01. The lowest BCUT2D eigenvalue weighted by Gasteiger charge is -2.08. The number of nitrogens with one attached hydrogen (secondary N) is 1. The van der Waals surface area contributed by atoms with Gasteiger partial charge in [0.2, 0.25) is 0 Å². The molecular formula is C18H12ClN3. The van der Waals surface area contributed by atoms with E-state index >= 15 is 0 Å². The van der Waals surface area contributed by atoms with E-state index in [4.69, 9.17) is 16.6 Å². The normalized spacial score (nSPS) is 11.0. The zero-order valence-electron chi connectivity index (χ0n) is 11.6. The number of hydrogen-bond donors (Lipinski definition) is 1. The molecule has 2 aromatic carbocycles. The summed E-state index contributed by atoms with van der Waals surface area (Å²) in [5.41, 5.74) is 2.72. The molecule has 0 aliphatic rings. The summed E-state index contributed by atoms with van der Waals surface area (Å²) in [6, 6.07) is 19.7. The minimum absolute atomic E-state index is 0.693. The van der Waals surface area contributed by atoms with Gasteiger partial charge in [-0.2, -0.15) is 0 Å². The van der Waals surface area contributed by atoms with Gasteiger partial charge in [-0.15, -0.1) is 0 Å². The second kappa shape index (κ2) is 5.28. The summed E-state index contributed by atoms with van der Waals surface area (Å²) in [6.45, 7) is 0. The van der Waals surface area contributed by atoms with Crippen LogP contribution < -0.4 is 5.32 Å². The van der Waals surface area contributed by atoms with Crippen LogP contribution in [0, 0.1) is 0 Å². The van der Waals surface area contributed by atoms with E-state index in [0.717, 1.165) is 33.3 Å². The highest BCUT2D eigenvalue weighted by Gasteiger charge is 2.05. The van der Waals surface area contributed by atoms with Crippen molar-refractivity contribution in [2.24, 2.45) is 0 Å². The Labute approximate surface area is 132 Å². The lowest BCUT2D eigenvalue weighted by molar-refractivity contribution is 1.35. The number of halogens is 1. The van der Waals surface area contributed by atoms with Gasteiger partial charge in [0.1, 0.15) is 5.82 Å². The van der Waals surface area contributed by atoms with Crippen molar-refractivity contribution in [1.29, 1.82) is 0 Å². The predicted molar refractivity (Wildman–Crippen MR) is 91.8 cm³/mol. The van der Waals surface area contributed by atoms with Crippen molar-refractivity contribution >= 4 is 44.9 Å². The first-order valence-corrected chi connectivity index (χ1v) is 7.34. The number of rotatable bonds is 2. The molecule has 22 heavy (non-hydrogen) atoms. The minimum Gasteiger partial charge on any atom is -0.340 e. The summed E-state index contributed by atoms with van der Waals surface area (Å²) in [7, 11) is 0. The molecule has 0 saturated carbocycles. The molecule has 106 valence electrons. The first kappa shape index (κ1) is 13.0. The lowest BCUT2D eigenvalue weighted by atomic mass is 10.1. The van der Waals surface area contributed by atoms with Gasteiger partial charge in [-0.25, -0.2) is 4.98 Å². The van der Waals surface area contributed by atoms with Gasteiger partial charge in [0.15, 0.2) is 0 Å². The first-order chi connectivity index (χ1) is 10.8. The number of hydrogen-bond acceptors (Lipinski definition) is 3. The number of benzene rings is 2. The number of fused-ring (bicyclic) bond motifs is 3. The summed E-state index contributed by atoms with van der Waals surface area (Å²) < 4.78 is 0. The maximum absolute atomic E-state index is 6.01. The van der Waals surface area contributed by atoms with Crippen molar-refractivity contribution in [2.75, 3.05) is 5.32 Å². The third kappa shape index (κ3) is 2.36. The average molecular weight is 306 g/mol. The Kier molecular flexibility index (Phi) is 3.13. The van der Waals surface area contributed by atoms with E-state index in [9.17, 15) is 0 Å². The Hall–Kier alpha value is -2.65. The van der Waals surface area contributed by atoms with Crippen LogP contribution in [0.25, 0.3) is 21.8 Å². The van der Waals surface area contributed by atoms with Gasteiger partial charge in [0, 0.05) is 27.7 Å². The molecule has 2 heterocycles.